The Balaban J connectivity index is 1.91. The van der Waals surface area contributed by atoms with Crippen molar-refractivity contribution < 1.29 is 0 Å². The number of nitriles is 1. The summed E-state index contributed by atoms with van der Waals surface area (Å²) in [4.78, 5) is 2.42. The summed E-state index contributed by atoms with van der Waals surface area (Å²) in [5.41, 5.74) is 2.68. The van der Waals surface area contributed by atoms with Gasteiger partial charge in [-0.05, 0) is 31.4 Å². The summed E-state index contributed by atoms with van der Waals surface area (Å²) in [6.07, 6.45) is 0.942. The van der Waals surface area contributed by atoms with Gasteiger partial charge in [-0.15, -0.1) is 0 Å². The number of rotatable bonds is 3. The van der Waals surface area contributed by atoms with E-state index >= 15 is 0 Å². The minimum absolute atomic E-state index is 0.200. The summed E-state index contributed by atoms with van der Waals surface area (Å²) in [5, 5.41) is 8.97. The second kappa shape index (κ2) is 4.27. The number of benzene rings is 1. The molecule has 1 aliphatic heterocycles. The highest BCUT2D eigenvalue weighted by Gasteiger charge is 2.22. The number of hydrogen-bond donors (Lipinski definition) is 0. The van der Waals surface area contributed by atoms with Crippen LogP contribution < -0.4 is 0 Å². The molecule has 0 spiro atoms. The van der Waals surface area contributed by atoms with Gasteiger partial charge < -0.3 is 0 Å². The van der Waals surface area contributed by atoms with Crippen LogP contribution >= 0.6 is 0 Å². The first kappa shape index (κ1) is 11.2. The van der Waals surface area contributed by atoms with Crippen molar-refractivity contribution in [3.05, 3.63) is 35.4 Å². The molecule has 0 amide bonds. The smallest absolute Gasteiger partial charge is 0.0684 e. The van der Waals surface area contributed by atoms with Crippen molar-refractivity contribution in [1.29, 1.82) is 5.26 Å². The van der Waals surface area contributed by atoms with Gasteiger partial charge in [0.2, 0.25) is 0 Å². The lowest BCUT2D eigenvalue weighted by Crippen LogP contribution is -2.23. The molecule has 0 aliphatic carbocycles. The van der Waals surface area contributed by atoms with Crippen LogP contribution in [0.4, 0.5) is 0 Å². The Bertz CT molecular complexity index is 390. The van der Waals surface area contributed by atoms with Gasteiger partial charge in [-0.3, -0.25) is 4.90 Å². The standard InChI is InChI=1S/C14H18N2/c1-14(2,11-15)7-8-16-9-12-5-3-4-6-13(12)10-16/h3-6H,7-10H2,1-2H3. The van der Waals surface area contributed by atoms with Gasteiger partial charge in [-0.25, -0.2) is 0 Å². The lowest BCUT2D eigenvalue weighted by molar-refractivity contribution is 0.248. The highest BCUT2D eigenvalue weighted by atomic mass is 15.1. The maximum atomic E-state index is 8.97. The third kappa shape index (κ3) is 2.43. The fourth-order valence-electron chi connectivity index (χ4n) is 2.06. The summed E-state index contributed by atoms with van der Waals surface area (Å²) in [6.45, 7) is 7.11. The van der Waals surface area contributed by atoms with Crippen LogP contribution in [0.15, 0.2) is 24.3 Å². The number of hydrogen-bond acceptors (Lipinski definition) is 2. The molecule has 2 heteroatoms. The Morgan fingerprint density at radius 2 is 1.81 bits per heavy atom. The van der Waals surface area contributed by atoms with E-state index in [4.69, 9.17) is 5.26 Å². The second-order valence-electron chi connectivity index (χ2n) is 5.23. The van der Waals surface area contributed by atoms with Gasteiger partial charge in [0.1, 0.15) is 0 Å². The van der Waals surface area contributed by atoms with Crippen molar-refractivity contribution in [2.45, 2.75) is 33.4 Å². The fourth-order valence-corrected chi connectivity index (χ4v) is 2.06. The molecule has 0 radical (unpaired) electrons. The monoisotopic (exact) mass is 214 g/mol. The van der Waals surface area contributed by atoms with Gasteiger partial charge >= 0.3 is 0 Å². The molecule has 0 atom stereocenters. The molecule has 0 fully saturated rings. The quantitative estimate of drug-likeness (QED) is 0.773. The van der Waals surface area contributed by atoms with Crippen LogP contribution in [0.1, 0.15) is 31.4 Å². The van der Waals surface area contributed by atoms with Gasteiger partial charge in [0.15, 0.2) is 0 Å². The first-order valence-electron chi connectivity index (χ1n) is 5.81. The molecule has 1 heterocycles. The number of nitrogens with zero attached hydrogens (tertiary/aromatic N) is 2. The van der Waals surface area contributed by atoms with E-state index in [0.29, 0.717) is 0 Å². The zero-order valence-electron chi connectivity index (χ0n) is 10.0. The fraction of sp³-hybridized carbons (Fsp3) is 0.500. The van der Waals surface area contributed by atoms with Crippen LogP contribution in [-0.2, 0) is 13.1 Å². The number of fused-ring (bicyclic) bond motifs is 1. The van der Waals surface area contributed by atoms with E-state index in [1.165, 1.54) is 11.1 Å². The molecule has 16 heavy (non-hydrogen) atoms. The van der Waals surface area contributed by atoms with E-state index in [-0.39, 0.29) is 5.41 Å². The molecular formula is C14H18N2. The summed E-state index contributed by atoms with van der Waals surface area (Å²) >= 11 is 0. The van der Waals surface area contributed by atoms with Crippen molar-refractivity contribution in [2.24, 2.45) is 5.41 Å². The van der Waals surface area contributed by atoms with Gasteiger partial charge in [0.05, 0.1) is 11.5 Å². The molecule has 1 aromatic carbocycles. The average molecular weight is 214 g/mol. The molecule has 0 saturated heterocycles. The Hall–Kier alpha value is -1.33. The van der Waals surface area contributed by atoms with Crippen molar-refractivity contribution in [1.82, 2.24) is 4.90 Å². The van der Waals surface area contributed by atoms with E-state index in [1.54, 1.807) is 0 Å². The van der Waals surface area contributed by atoms with Gasteiger partial charge in [-0.1, -0.05) is 24.3 Å². The van der Waals surface area contributed by atoms with E-state index in [1.807, 2.05) is 13.8 Å². The zero-order valence-corrected chi connectivity index (χ0v) is 10.0. The normalized spacial score (nSPS) is 15.8. The van der Waals surface area contributed by atoms with Crippen LogP contribution in [0.2, 0.25) is 0 Å². The molecule has 1 aromatic rings. The zero-order chi connectivity index (χ0) is 11.6. The topological polar surface area (TPSA) is 27.0 Å². The van der Waals surface area contributed by atoms with Gasteiger partial charge in [-0.2, -0.15) is 5.26 Å². The van der Waals surface area contributed by atoms with Crippen LogP contribution in [0.3, 0.4) is 0 Å². The highest BCUT2D eigenvalue weighted by Crippen LogP contribution is 2.25. The molecule has 84 valence electrons. The molecule has 0 bridgehead atoms. The Morgan fingerprint density at radius 3 is 2.31 bits per heavy atom. The SMILES string of the molecule is CC(C)(C#N)CCN1Cc2ccccc2C1. The molecule has 0 N–H and O–H groups in total. The predicted octanol–water partition coefficient (Wildman–Crippen LogP) is 2.94. The van der Waals surface area contributed by atoms with Crippen molar-refractivity contribution in [2.75, 3.05) is 6.54 Å². The minimum Gasteiger partial charge on any atom is -0.295 e. The van der Waals surface area contributed by atoms with Crippen molar-refractivity contribution in [3.63, 3.8) is 0 Å². The molecule has 0 aromatic heterocycles. The molecule has 0 unspecified atom stereocenters. The third-order valence-electron chi connectivity index (χ3n) is 3.26. The van der Waals surface area contributed by atoms with Gasteiger partial charge in [0, 0.05) is 19.6 Å². The summed E-state index contributed by atoms with van der Waals surface area (Å²) < 4.78 is 0. The second-order valence-corrected chi connectivity index (χ2v) is 5.23. The largest absolute Gasteiger partial charge is 0.295 e. The average Bonchev–Trinajstić information content (AvgIpc) is 2.69. The van der Waals surface area contributed by atoms with Gasteiger partial charge in [0.25, 0.3) is 0 Å². The molecular weight excluding hydrogens is 196 g/mol. The molecule has 1 aliphatic rings. The Morgan fingerprint density at radius 1 is 1.25 bits per heavy atom. The van der Waals surface area contributed by atoms with E-state index < -0.39 is 0 Å². The predicted molar refractivity (Wildman–Crippen MR) is 64.6 cm³/mol. The lowest BCUT2D eigenvalue weighted by Gasteiger charge is -2.20. The molecule has 2 nitrogen and oxygen atoms in total. The maximum Gasteiger partial charge on any atom is 0.0684 e. The van der Waals surface area contributed by atoms with Crippen LogP contribution in [-0.4, -0.2) is 11.4 Å². The van der Waals surface area contributed by atoms with Crippen LogP contribution in [0, 0.1) is 16.7 Å². The third-order valence-corrected chi connectivity index (χ3v) is 3.26. The highest BCUT2D eigenvalue weighted by molar-refractivity contribution is 5.30. The van der Waals surface area contributed by atoms with Crippen molar-refractivity contribution in [3.8, 4) is 6.07 Å². The van der Waals surface area contributed by atoms with Crippen LogP contribution in [0.5, 0.6) is 0 Å². The van der Waals surface area contributed by atoms with Crippen molar-refractivity contribution >= 4 is 0 Å². The summed E-state index contributed by atoms with van der Waals surface area (Å²) in [6, 6.07) is 11.0. The molecule has 2 rings (SSSR count). The maximum absolute atomic E-state index is 8.97. The summed E-state index contributed by atoms with van der Waals surface area (Å²) in [5.74, 6) is 0. The van der Waals surface area contributed by atoms with E-state index in [0.717, 1.165) is 26.1 Å². The molecule has 0 saturated carbocycles. The van der Waals surface area contributed by atoms with E-state index in [9.17, 15) is 0 Å². The van der Waals surface area contributed by atoms with E-state index in [2.05, 4.69) is 35.2 Å². The lowest BCUT2D eigenvalue weighted by atomic mass is 9.91. The first-order chi connectivity index (χ1) is 7.61. The Labute approximate surface area is 97.5 Å². The van der Waals surface area contributed by atoms with Crippen LogP contribution in [0.25, 0.3) is 0 Å². The first-order valence-corrected chi connectivity index (χ1v) is 5.81. The summed E-state index contributed by atoms with van der Waals surface area (Å²) in [7, 11) is 0. The Kier molecular flexibility index (Phi) is 2.98. The minimum atomic E-state index is -0.200.